The summed E-state index contributed by atoms with van der Waals surface area (Å²) in [5.41, 5.74) is 2.42. The molecular weight excluding hydrogens is 258 g/mol. The summed E-state index contributed by atoms with van der Waals surface area (Å²) >= 11 is 0. The van der Waals surface area contributed by atoms with Gasteiger partial charge in [-0.1, -0.05) is 6.07 Å². The van der Waals surface area contributed by atoms with Crippen LogP contribution < -0.4 is 5.48 Å². The summed E-state index contributed by atoms with van der Waals surface area (Å²) in [5, 5.41) is 0. The summed E-state index contributed by atoms with van der Waals surface area (Å²) in [7, 11) is -1.81. The van der Waals surface area contributed by atoms with Gasteiger partial charge in [-0.2, -0.15) is 0 Å². The van der Waals surface area contributed by atoms with Gasteiger partial charge in [-0.3, -0.25) is 9.63 Å². The lowest BCUT2D eigenvalue weighted by Crippen LogP contribution is -2.25. The van der Waals surface area contributed by atoms with Crippen molar-refractivity contribution < 1.29 is 22.8 Å². The number of ether oxygens (including phenoxy) is 1. The Kier molecular flexibility index (Phi) is 5.26. The second-order valence-electron chi connectivity index (χ2n) is 3.57. The molecule has 0 spiro atoms. The van der Waals surface area contributed by atoms with Gasteiger partial charge in [-0.05, 0) is 18.2 Å². The molecule has 0 bridgehead atoms. The number of amides is 1. The van der Waals surface area contributed by atoms with E-state index in [4.69, 9.17) is 9.57 Å². The maximum absolute atomic E-state index is 11.6. The van der Waals surface area contributed by atoms with Gasteiger partial charge in [-0.15, -0.1) is 0 Å². The Balaban J connectivity index is 2.69. The van der Waals surface area contributed by atoms with Crippen LogP contribution in [0.1, 0.15) is 10.4 Å². The van der Waals surface area contributed by atoms with E-state index < -0.39 is 15.7 Å². The molecule has 1 rings (SSSR count). The van der Waals surface area contributed by atoms with E-state index in [1.54, 1.807) is 0 Å². The van der Waals surface area contributed by atoms with E-state index in [9.17, 15) is 13.2 Å². The summed E-state index contributed by atoms with van der Waals surface area (Å²) in [6.45, 7) is 0.567. The molecule has 1 N–H and O–H groups in total. The highest BCUT2D eigenvalue weighted by Gasteiger charge is 2.11. The van der Waals surface area contributed by atoms with Crippen molar-refractivity contribution in [3.05, 3.63) is 29.8 Å². The molecule has 0 aliphatic rings. The Morgan fingerprint density at radius 2 is 2.06 bits per heavy atom. The van der Waals surface area contributed by atoms with Gasteiger partial charge in [0.05, 0.1) is 18.1 Å². The molecule has 7 heteroatoms. The van der Waals surface area contributed by atoms with Crippen molar-refractivity contribution in [3.8, 4) is 0 Å². The van der Waals surface area contributed by atoms with Crippen LogP contribution in [0.15, 0.2) is 29.2 Å². The molecule has 1 amide bonds. The van der Waals surface area contributed by atoms with Crippen LogP contribution in [0, 0.1) is 0 Å². The zero-order chi connectivity index (χ0) is 13.6. The van der Waals surface area contributed by atoms with Crippen molar-refractivity contribution in [1.82, 2.24) is 5.48 Å². The van der Waals surface area contributed by atoms with Crippen molar-refractivity contribution >= 4 is 15.7 Å². The van der Waals surface area contributed by atoms with Crippen molar-refractivity contribution in [2.24, 2.45) is 0 Å². The van der Waals surface area contributed by atoms with Crippen LogP contribution in [-0.2, 0) is 19.4 Å². The Morgan fingerprint density at radius 3 is 2.67 bits per heavy atom. The van der Waals surface area contributed by atoms with E-state index in [-0.39, 0.29) is 17.1 Å². The van der Waals surface area contributed by atoms with Gasteiger partial charge in [-0.25, -0.2) is 13.9 Å². The molecule has 0 atom stereocenters. The largest absolute Gasteiger partial charge is 0.382 e. The third-order valence-corrected chi connectivity index (χ3v) is 3.19. The Hall–Kier alpha value is -1.44. The SMILES string of the molecule is COCCONC(=O)c1cccc(S(C)(=O)=O)c1. The summed E-state index contributed by atoms with van der Waals surface area (Å²) < 4.78 is 27.4. The molecular formula is C11H15NO5S. The lowest BCUT2D eigenvalue weighted by atomic mass is 10.2. The predicted octanol–water partition coefficient (Wildman–Crippen LogP) is 0.398. The third kappa shape index (κ3) is 4.44. The zero-order valence-electron chi connectivity index (χ0n) is 10.2. The lowest BCUT2D eigenvalue weighted by molar-refractivity contribution is 0.00887. The van der Waals surface area contributed by atoms with Gasteiger partial charge < -0.3 is 4.74 Å². The number of nitrogens with one attached hydrogen (secondary N) is 1. The summed E-state index contributed by atoms with van der Waals surface area (Å²) in [5.74, 6) is -0.503. The van der Waals surface area contributed by atoms with Crippen LogP contribution in [0.3, 0.4) is 0 Å². The summed E-state index contributed by atoms with van der Waals surface area (Å²) in [4.78, 5) is 16.5. The fourth-order valence-corrected chi connectivity index (χ4v) is 1.84. The molecule has 1 aromatic carbocycles. The minimum absolute atomic E-state index is 0.0899. The molecule has 18 heavy (non-hydrogen) atoms. The molecule has 0 fully saturated rings. The van der Waals surface area contributed by atoms with E-state index in [0.717, 1.165) is 6.26 Å². The third-order valence-electron chi connectivity index (χ3n) is 2.08. The normalized spacial score (nSPS) is 11.2. The molecule has 0 saturated carbocycles. The van der Waals surface area contributed by atoms with Gasteiger partial charge in [0.15, 0.2) is 9.84 Å². The van der Waals surface area contributed by atoms with E-state index in [1.165, 1.54) is 31.4 Å². The molecule has 1 aromatic rings. The number of benzene rings is 1. The molecule has 0 aliphatic carbocycles. The van der Waals surface area contributed by atoms with Crippen LogP contribution in [-0.4, -0.2) is 40.9 Å². The number of sulfone groups is 1. The molecule has 0 aliphatic heterocycles. The first-order chi connectivity index (χ1) is 8.45. The highest BCUT2D eigenvalue weighted by molar-refractivity contribution is 7.90. The minimum atomic E-state index is -3.33. The van der Waals surface area contributed by atoms with Crippen molar-refractivity contribution in [1.29, 1.82) is 0 Å². The van der Waals surface area contributed by atoms with Crippen molar-refractivity contribution in [3.63, 3.8) is 0 Å². The number of carbonyl (C=O) groups excluding carboxylic acids is 1. The molecule has 0 aromatic heterocycles. The fourth-order valence-electron chi connectivity index (χ4n) is 1.17. The smallest absolute Gasteiger partial charge is 0.274 e. The van der Waals surface area contributed by atoms with Gasteiger partial charge in [0, 0.05) is 18.9 Å². The van der Waals surface area contributed by atoms with E-state index >= 15 is 0 Å². The first kappa shape index (κ1) is 14.6. The zero-order valence-corrected chi connectivity index (χ0v) is 11.0. The maximum Gasteiger partial charge on any atom is 0.274 e. The van der Waals surface area contributed by atoms with Gasteiger partial charge in [0.25, 0.3) is 5.91 Å². The summed E-state index contributed by atoms with van der Waals surface area (Å²) in [6.07, 6.45) is 1.08. The monoisotopic (exact) mass is 273 g/mol. The van der Waals surface area contributed by atoms with Crippen LogP contribution in [0.25, 0.3) is 0 Å². The summed E-state index contributed by atoms with van der Waals surface area (Å²) in [6, 6.07) is 5.73. The molecule has 0 saturated heterocycles. The molecule has 0 heterocycles. The number of hydroxylamine groups is 1. The van der Waals surface area contributed by atoms with Crippen molar-refractivity contribution in [2.75, 3.05) is 26.6 Å². The molecule has 6 nitrogen and oxygen atoms in total. The highest BCUT2D eigenvalue weighted by Crippen LogP contribution is 2.11. The highest BCUT2D eigenvalue weighted by atomic mass is 32.2. The standard InChI is InChI=1S/C11H15NO5S/c1-16-6-7-17-12-11(13)9-4-3-5-10(8-9)18(2,14)15/h3-5,8H,6-7H2,1-2H3,(H,12,13). The quantitative estimate of drug-likeness (QED) is 0.599. The number of methoxy groups -OCH3 is 1. The van der Waals surface area contributed by atoms with Crippen molar-refractivity contribution in [2.45, 2.75) is 4.90 Å². The topological polar surface area (TPSA) is 81.7 Å². The van der Waals surface area contributed by atoms with Gasteiger partial charge >= 0.3 is 0 Å². The second kappa shape index (κ2) is 6.48. The minimum Gasteiger partial charge on any atom is -0.382 e. The fraction of sp³-hybridized carbons (Fsp3) is 0.364. The Morgan fingerprint density at radius 1 is 1.33 bits per heavy atom. The van der Waals surface area contributed by atoms with Crippen LogP contribution in [0.5, 0.6) is 0 Å². The van der Waals surface area contributed by atoms with Crippen LogP contribution in [0.4, 0.5) is 0 Å². The number of rotatable bonds is 6. The van der Waals surface area contributed by atoms with E-state index in [2.05, 4.69) is 5.48 Å². The molecule has 0 radical (unpaired) electrons. The van der Waals surface area contributed by atoms with Crippen LogP contribution in [0.2, 0.25) is 0 Å². The first-order valence-corrected chi connectivity index (χ1v) is 7.05. The van der Waals surface area contributed by atoms with E-state index in [0.29, 0.717) is 6.61 Å². The molecule has 100 valence electrons. The number of hydrogen-bond acceptors (Lipinski definition) is 5. The first-order valence-electron chi connectivity index (χ1n) is 5.16. The Labute approximate surface area is 106 Å². The lowest BCUT2D eigenvalue weighted by Gasteiger charge is -2.06. The van der Waals surface area contributed by atoms with Crippen LogP contribution >= 0.6 is 0 Å². The van der Waals surface area contributed by atoms with Gasteiger partial charge in [0.1, 0.15) is 0 Å². The average Bonchev–Trinajstić information content (AvgIpc) is 2.33. The molecule has 0 unspecified atom stereocenters. The number of carbonyl (C=O) groups is 1. The van der Waals surface area contributed by atoms with Gasteiger partial charge in [0.2, 0.25) is 0 Å². The predicted molar refractivity (Wildman–Crippen MR) is 64.8 cm³/mol. The Bertz CT molecular complexity index is 512. The van der Waals surface area contributed by atoms with E-state index in [1.807, 2.05) is 0 Å². The second-order valence-corrected chi connectivity index (χ2v) is 5.59. The maximum atomic E-state index is 11.6. The average molecular weight is 273 g/mol. The number of hydrogen-bond donors (Lipinski definition) is 1.